The van der Waals surface area contributed by atoms with Gasteiger partial charge < -0.3 is 25.8 Å². The number of hydrogen-bond donors (Lipinski definition) is 3. The van der Waals surface area contributed by atoms with Gasteiger partial charge in [-0.25, -0.2) is 4.39 Å². The van der Waals surface area contributed by atoms with Crippen LogP contribution in [0.15, 0.2) is 91.1 Å². The minimum absolute atomic E-state index is 0.0753. The lowest BCUT2D eigenvalue weighted by molar-refractivity contribution is -0.127. The van der Waals surface area contributed by atoms with E-state index in [1.54, 1.807) is 49.7 Å². The Morgan fingerprint density at radius 3 is 2.49 bits per heavy atom. The summed E-state index contributed by atoms with van der Waals surface area (Å²) in [5.74, 6) is -2.64. The van der Waals surface area contributed by atoms with Gasteiger partial charge in [0.15, 0.2) is 11.6 Å². The number of benzene rings is 3. The van der Waals surface area contributed by atoms with E-state index in [9.17, 15) is 9.59 Å². The Morgan fingerprint density at radius 2 is 1.74 bits per heavy atom. The van der Waals surface area contributed by atoms with Crippen LogP contribution in [0.1, 0.15) is 11.5 Å². The molecule has 2 heterocycles. The number of anilines is 3. The largest absolute Gasteiger partial charge is 0.497 e. The average Bonchev–Trinajstić information content (AvgIpc) is 3.34. The number of nitrogens with two attached hydrogens (primary N) is 1. The predicted octanol–water partition coefficient (Wildman–Crippen LogP) is 6.19. The first-order valence-electron chi connectivity index (χ1n) is 11.8. The number of fused-ring (bicyclic) bond motifs is 1. The summed E-state index contributed by atoms with van der Waals surface area (Å²) in [5, 5.41) is 6.76. The van der Waals surface area contributed by atoms with E-state index in [2.05, 4.69) is 15.6 Å². The summed E-state index contributed by atoms with van der Waals surface area (Å²) < 4.78 is 27.1. The fourth-order valence-corrected chi connectivity index (χ4v) is 4.96. The van der Waals surface area contributed by atoms with Crippen LogP contribution >= 0.6 is 11.3 Å². The lowest BCUT2D eigenvalue weighted by Gasteiger charge is -2.15. The second-order valence-corrected chi connectivity index (χ2v) is 9.53. The molecule has 39 heavy (non-hydrogen) atoms. The van der Waals surface area contributed by atoms with Gasteiger partial charge in [0.2, 0.25) is 11.8 Å². The number of methoxy groups -OCH3 is 1. The Hall–Kier alpha value is -4.96. The Balaban J connectivity index is 1.37. The molecule has 1 unspecified atom stereocenters. The maximum Gasteiger partial charge on any atom is 0.241 e. The van der Waals surface area contributed by atoms with E-state index in [0.29, 0.717) is 21.7 Å². The highest BCUT2D eigenvalue weighted by Gasteiger charge is 2.28. The number of pyridine rings is 1. The van der Waals surface area contributed by atoms with Crippen LogP contribution in [-0.4, -0.2) is 23.9 Å². The quantitative estimate of drug-likeness (QED) is 0.191. The highest BCUT2D eigenvalue weighted by atomic mass is 32.1. The third-order valence-electron chi connectivity index (χ3n) is 5.81. The molecule has 5 rings (SSSR count). The zero-order valence-corrected chi connectivity index (χ0v) is 21.5. The third-order valence-corrected chi connectivity index (χ3v) is 6.86. The Kier molecular flexibility index (Phi) is 7.37. The Bertz CT molecular complexity index is 1660. The molecule has 2 amide bonds. The van der Waals surface area contributed by atoms with Crippen LogP contribution in [-0.2, 0) is 9.59 Å². The van der Waals surface area contributed by atoms with Gasteiger partial charge in [0.25, 0.3) is 0 Å². The molecule has 10 heteroatoms. The number of thiophene rings is 1. The molecule has 1 atom stereocenters. The summed E-state index contributed by atoms with van der Waals surface area (Å²) in [6.45, 7) is 0. The third kappa shape index (κ3) is 5.81. The number of rotatable bonds is 9. The topological polar surface area (TPSA) is 116 Å². The van der Waals surface area contributed by atoms with Crippen LogP contribution in [0.25, 0.3) is 10.2 Å². The molecule has 0 aliphatic heterocycles. The van der Waals surface area contributed by atoms with Gasteiger partial charge >= 0.3 is 0 Å². The van der Waals surface area contributed by atoms with Crippen LogP contribution in [0.3, 0.4) is 0 Å². The molecule has 0 saturated carbocycles. The first-order valence-corrected chi connectivity index (χ1v) is 12.6. The molecule has 4 N–H and O–H groups in total. The van der Waals surface area contributed by atoms with Crippen LogP contribution < -0.4 is 25.8 Å². The average molecular weight is 543 g/mol. The highest BCUT2D eigenvalue weighted by Crippen LogP contribution is 2.39. The van der Waals surface area contributed by atoms with Gasteiger partial charge in [-0.2, -0.15) is 0 Å². The number of nitrogens with zero attached hydrogens (tertiary/aromatic N) is 1. The maximum absolute atomic E-state index is 15.2. The molecule has 0 aliphatic carbocycles. The van der Waals surface area contributed by atoms with Crippen molar-refractivity contribution in [2.24, 2.45) is 5.73 Å². The zero-order valence-electron chi connectivity index (χ0n) is 20.7. The number of halogens is 1. The summed E-state index contributed by atoms with van der Waals surface area (Å²) in [4.78, 5) is 29.3. The minimum atomic E-state index is -1.39. The van der Waals surface area contributed by atoms with Crippen LogP contribution in [0.4, 0.5) is 20.8 Å². The molecule has 5 aromatic rings. The molecule has 8 nitrogen and oxygen atoms in total. The van der Waals surface area contributed by atoms with Gasteiger partial charge in [-0.15, -0.1) is 11.3 Å². The molecule has 0 radical (unpaired) electrons. The van der Waals surface area contributed by atoms with E-state index in [4.69, 9.17) is 15.2 Å². The molecule has 0 saturated heterocycles. The van der Waals surface area contributed by atoms with Crippen molar-refractivity contribution in [2.45, 2.75) is 5.92 Å². The van der Waals surface area contributed by atoms with Crippen molar-refractivity contribution in [3.05, 3.63) is 103 Å². The fraction of sp³-hybridized carbons (Fsp3) is 0.0690. The van der Waals surface area contributed by atoms with Crippen molar-refractivity contribution < 1.29 is 23.5 Å². The molecule has 0 bridgehead atoms. The van der Waals surface area contributed by atoms with Crippen molar-refractivity contribution in [2.75, 3.05) is 17.7 Å². The van der Waals surface area contributed by atoms with Gasteiger partial charge in [0.1, 0.15) is 17.4 Å². The van der Waals surface area contributed by atoms with Gasteiger partial charge in [0, 0.05) is 29.7 Å². The minimum Gasteiger partial charge on any atom is -0.497 e. The molecular weight excluding hydrogens is 519 g/mol. The number of carbonyl (C=O) groups excluding carboxylic acids is 2. The first kappa shape index (κ1) is 25.7. The number of ether oxygens (including phenoxy) is 2. The van der Waals surface area contributed by atoms with Crippen molar-refractivity contribution in [3.63, 3.8) is 0 Å². The molecular formula is C29H23FN4O4S. The Morgan fingerprint density at radius 1 is 0.949 bits per heavy atom. The number of aromatic nitrogens is 1. The predicted molar refractivity (Wildman–Crippen MR) is 149 cm³/mol. The lowest BCUT2D eigenvalue weighted by Crippen LogP contribution is -2.32. The normalized spacial score (nSPS) is 11.5. The van der Waals surface area contributed by atoms with E-state index in [1.807, 2.05) is 30.3 Å². The van der Waals surface area contributed by atoms with Gasteiger partial charge in [-0.1, -0.05) is 30.3 Å². The highest BCUT2D eigenvalue weighted by molar-refractivity contribution is 7.23. The fourth-order valence-electron chi connectivity index (χ4n) is 3.98. The Labute approximate surface area is 227 Å². The smallest absolute Gasteiger partial charge is 0.241 e. The van der Waals surface area contributed by atoms with E-state index >= 15 is 4.39 Å². The van der Waals surface area contributed by atoms with Crippen molar-refractivity contribution in [1.29, 1.82) is 0 Å². The first-order chi connectivity index (χ1) is 18.9. The summed E-state index contributed by atoms with van der Waals surface area (Å²) in [5.41, 5.74) is 7.61. The molecule has 2 aromatic heterocycles. The van der Waals surface area contributed by atoms with E-state index < -0.39 is 23.5 Å². The standard InChI is InChI=1S/C29H23FN4O4S/c1-37-20-9-5-8-19(15-20)33-25-16-22-27(39-25)24(12-13-32-22)38-23-11-10-17(14-21(23)30)26(28(31)35)29(36)34-18-6-3-2-4-7-18/h2-16,26,33H,1H3,(H2,31,35)(H,34,36). The van der Waals surface area contributed by atoms with E-state index in [0.717, 1.165) is 22.5 Å². The summed E-state index contributed by atoms with van der Waals surface area (Å²) in [6.07, 6.45) is 1.57. The monoisotopic (exact) mass is 542 g/mol. The number of hydrogen-bond acceptors (Lipinski definition) is 7. The van der Waals surface area contributed by atoms with E-state index in [1.165, 1.54) is 23.5 Å². The molecule has 0 fully saturated rings. The van der Waals surface area contributed by atoms with Gasteiger partial charge in [0.05, 0.1) is 22.3 Å². The van der Waals surface area contributed by atoms with Crippen molar-refractivity contribution >= 4 is 49.7 Å². The number of carbonyl (C=O) groups is 2. The number of para-hydroxylation sites is 1. The second-order valence-electron chi connectivity index (χ2n) is 8.47. The second kappa shape index (κ2) is 11.2. The number of amides is 2. The molecule has 0 aliphatic rings. The van der Waals surface area contributed by atoms with Gasteiger partial charge in [-0.05, 0) is 48.0 Å². The summed E-state index contributed by atoms with van der Waals surface area (Å²) in [6, 6.07) is 23.5. The van der Waals surface area contributed by atoms with Crippen LogP contribution in [0.2, 0.25) is 0 Å². The molecule has 3 aromatic carbocycles. The number of nitrogens with one attached hydrogen (secondary N) is 2. The van der Waals surface area contributed by atoms with E-state index in [-0.39, 0.29) is 11.3 Å². The lowest BCUT2D eigenvalue weighted by atomic mass is 9.97. The van der Waals surface area contributed by atoms with Crippen LogP contribution in [0.5, 0.6) is 17.2 Å². The zero-order chi connectivity index (χ0) is 27.4. The van der Waals surface area contributed by atoms with Crippen LogP contribution in [0, 0.1) is 5.82 Å². The van der Waals surface area contributed by atoms with Crippen molar-refractivity contribution in [1.82, 2.24) is 4.98 Å². The summed E-state index contributed by atoms with van der Waals surface area (Å²) in [7, 11) is 1.60. The van der Waals surface area contributed by atoms with Crippen molar-refractivity contribution in [3.8, 4) is 17.2 Å². The maximum atomic E-state index is 15.2. The van der Waals surface area contributed by atoms with Gasteiger partial charge in [-0.3, -0.25) is 14.6 Å². The molecule has 0 spiro atoms. The SMILES string of the molecule is COc1cccc(Nc2cc3nccc(Oc4ccc(C(C(N)=O)C(=O)Nc5ccccc5)cc4F)c3s2)c1. The summed E-state index contributed by atoms with van der Waals surface area (Å²) >= 11 is 1.40. The number of primary amides is 1. The molecule has 196 valence electrons.